The van der Waals surface area contributed by atoms with Gasteiger partial charge in [-0.2, -0.15) is 0 Å². The molecule has 0 aliphatic rings. The van der Waals surface area contributed by atoms with Crippen LogP contribution in [0.1, 0.15) is 26.1 Å². The Morgan fingerprint density at radius 1 is 1.50 bits per heavy atom. The van der Waals surface area contributed by atoms with Gasteiger partial charge in [0.25, 0.3) is 10.0 Å². The number of hydrogen-bond donors (Lipinski definition) is 2. The zero-order chi connectivity index (χ0) is 10.6. The average Bonchev–Trinajstić information content (AvgIpc) is 2.63. The minimum Gasteiger partial charge on any atom is -0.332 e. The molecule has 1 heterocycles. The van der Waals surface area contributed by atoms with Crippen molar-refractivity contribution in [2.75, 3.05) is 6.54 Å². The number of aryl methyl sites for hydroxylation is 1. The molecule has 0 aromatic carbocycles. The maximum atomic E-state index is 11.5. The van der Waals surface area contributed by atoms with E-state index >= 15 is 0 Å². The number of nitrogens with one attached hydrogen (secondary N) is 2. The van der Waals surface area contributed by atoms with Crippen LogP contribution >= 0.6 is 0 Å². The molecule has 0 aliphatic heterocycles. The Bertz CT molecular complexity index is 383. The van der Waals surface area contributed by atoms with E-state index < -0.39 is 10.0 Å². The lowest BCUT2D eigenvalue weighted by atomic mass is 10.5. The molecule has 0 radical (unpaired) electrons. The molecule has 14 heavy (non-hydrogen) atoms. The van der Waals surface area contributed by atoms with Gasteiger partial charge >= 0.3 is 0 Å². The van der Waals surface area contributed by atoms with E-state index in [0.717, 1.165) is 6.42 Å². The zero-order valence-electron chi connectivity index (χ0n) is 8.37. The van der Waals surface area contributed by atoms with Gasteiger partial charge in [0.1, 0.15) is 5.82 Å². The van der Waals surface area contributed by atoms with Gasteiger partial charge in [0.05, 0.1) is 6.20 Å². The topological polar surface area (TPSA) is 74.8 Å². The highest BCUT2D eigenvalue weighted by Crippen LogP contribution is 2.05. The van der Waals surface area contributed by atoms with Gasteiger partial charge in [-0.1, -0.05) is 13.8 Å². The van der Waals surface area contributed by atoms with Crippen molar-refractivity contribution in [1.29, 1.82) is 0 Å². The lowest BCUT2D eigenvalue weighted by Crippen LogP contribution is -2.24. The number of aromatic nitrogens is 2. The van der Waals surface area contributed by atoms with E-state index in [-0.39, 0.29) is 5.03 Å². The van der Waals surface area contributed by atoms with Crippen LogP contribution in [0.3, 0.4) is 0 Å². The van der Waals surface area contributed by atoms with Gasteiger partial charge in [-0.25, -0.2) is 18.1 Å². The molecule has 0 spiro atoms. The first-order chi connectivity index (χ1) is 6.60. The van der Waals surface area contributed by atoms with Crippen LogP contribution in [0.4, 0.5) is 0 Å². The van der Waals surface area contributed by atoms with Crippen LogP contribution in [0, 0.1) is 0 Å². The summed E-state index contributed by atoms with van der Waals surface area (Å²) in [6.07, 6.45) is 2.81. The predicted molar refractivity (Wildman–Crippen MR) is 53.4 cm³/mol. The molecule has 1 aromatic heterocycles. The number of imidazole rings is 1. The minimum absolute atomic E-state index is 0.141. The molecule has 6 heteroatoms. The van der Waals surface area contributed by atoms with Gasteiger partial charge in [0.15, 0.2) is 5.03 Å². The van der Waals surface area contributed by atoms with Crippen LogP contribution in [0.15, 0.2) is 11.2 Å². The summed E-state index contributed by atoms with van der Waals surface area (Å²) in [6, 6.07) is 0. The molecule has 1 rings (SSSR count). The molecule has 0 fully saturated rings. The molecule has 5 nitrogen and oxygen atoms in total. The van der Waals surface area contributed by atoms with E-state index in [1.54, 1.807) is 0 Å². The summed E-state index contributed by atoms with van der Waals surface area (Å²) in [5.74, 6) is 0.682. The summed E-state index contributed by atoms with van der Waals surface area (Å²) in [4.78, 5) is 6.68. The highest BCUT2D eigenvalue weighted by molar-refractivity contribution is 7.89. The number of nitrogens with zero attached hydrogens (tertiary/aromatic N) is 1. The number of H-pyrrole nitrogens is 1. The van der Waals surface area contributed by atoms with Crippen molar-refractivity contribution >= 4 is 10.0 Å². The molecular formula is C8H15N3O2S. The van der Waals surface area contributed by atoms with E-state index in [0.29, 0.717) is 18.8 Å². The Kier molecular flexibility index (Phi) is 3.65. The maximum absolute atomic E-state index is 11.5. The molecule has 0 saturated carbocycles. The Labute approximate surface area is 84.0 Å². The number of hydrogen-bond acceptors (Lipinski definition) is 3. The Morgan fingerprint density at radius 3 is 2.71 bits per heavy atom. The maximum Gasteiger partial charge on any atom is 0.257 e. The van der Waals surface area contributed by atoms with Gasteiger partial charge in [0, 0.05) is 13.0 Å². The second-order valence-electron chi connectivity index (χ2n) is 2.95. The fraction of sp³-hybridized carbons (Fsp3) is 0.625. The molecule has 80 valence electrons. The van der Waals surface area contributed by atoms with Gasteiger partial charge in [-0.3, -0.25) is 0 Å². The molecule has 0 bridgehead atoms. The van der Waals surface area contributed by atoms with Crippen molar-refractivity contribution in [3.05, 3.63) is 12.0 Å². The molecule has 0 atom stereocenters. The molecule has 2 N–H and O–H groups in total. The predicted octanol–water partition coefficient (Wildman–Crippen LogP) is 0.660. The van der Waals surface area contributed by atoms with E-state index in [1.807, 2.05) is 13.8 Å². The Balaban J connectivity index is 2.81. The van der Waals surface area contributed by atoms with Crippen molar-refractivity contribution in [3.63, 3.8) is 0 Å². The second-order valence-corrected chi connectivity index (χ2v) is 4.68. The quantitative estimate of drug-likeness (QED) is 0.760. The smallest absolute Gasteiger partial charge is 0.257 e. The molecule has 0 aliphatic carbocycles. The van der Waals surface area contributed by atoms with E-state index in [4.69, 9.17) is 0 Å². The van der Waals surface area contributed by atoms with E-state index in [2.05, 4.69) is 14.7 Å². The van der Waals surface area contributed by atoms with Crippen molar-refractivity contribution < 1.29 is 8.42 Å². The fourth-order valence-electron chi connectivity index (χ4n) is 0.974. The second kappa shape index (κ2) is 4.56. The average molecular weight is 217 g/mol. The summed E-state index contributed by atoms with van der Waals surface area (Å²) in [5, 5.41) is 0.141. The number of sulfonamides is 1. The largest absolute Gasteiger partial charge is 0.332 e. The summed E-state index contributed by atoms with van der Waals surface area (Å²) in [7, 11) is -3.38. The first-order valence-electron chi connectivity index (χ1n) is 4.63. The Morgan fingerprint density at radius 2 is 2.21 bits per heavy atom. The Hall–Kier alpha value is -0.880. The summed E-state index contributed by atoms with van der Waals surface area (Å²) < 4.78 is 25.5. The van der Waals surface area contributed by atoms with Crippen LogP contribution in [0.5, 0.6) is 0 Å². The molecule has 1 aromatic rings. The third-order valence-corrected chi connectivity index (χ3v) is 3.14. The van der Waals surface area contributed by atoms with Crippen LogP contribution < -0.4 is 4.72 Å². The third kappa shape index (κ3) is 2.55. The monoisotopic (exact) mass is 217 g/mol. The van der Waals surface area contributed by atoms with Crippen molar-refractivity contribution in [2.45, 2.75) is 31.7 Å². The summed E-state index contributed by atoms with van der Waals surface area (Å²) in [5.41, 5.74) is 0. The lowest BCUT2D eigenvalue weighted by molar-refractivity contribution is 0.577. The summed E-state index contributed by atoms with van der Waals surface area (Å²) >= 11 is 0. The number of rotatable bonds is 5. The highest BCUT2D eigenvalue weighted by atomic mass is 32.2. The van der Waals surface area contributed by atoms with Crippen LogP contribution in [-0.2, 0) is 16.4 Å². The van der Waals surface area contributed by atoms with Crippen molar-refractivity contribution in [1.82, 2.24) is 14.7 Å². The molecular weight excluding hydrogens is 202 g/mol. The summed E-state index contributed by atoms with van der Waals surface area (Å²) in [6.45, 7) is 4.27. The first kappa shape index (κ1) is 11.2. The van der Waals surface area contributed by atoms with Crippen LogP contribution in [-0.4, -0.2) is 24.9 Å². The molecule has 0 saturated heterocycles. The molecule has 0 unspecified atom stereocenters. The van der Waals surface area contributed by atoms with Gasteiger partial charge in [-0.15, -0.1) is 0 Å². The SMILES string of the molecule is CCCNS(=O)(=O)c1cnc(CC)[nH]1. The van der Waals surface area contributed by atoms with Crippen molar-refractivity contribution in [3.8, 4) is 0 Å². The fourth-order valence-corrected chi connectivity index (χ4v) is 2.05. The zero-order valence-corrected chi connectivity index (χ0v) is 9.19. The lowest BCUT2D eigenvalue weighted by Gasteiger charge is -2.01. The number of aromatic amines is 1. The van der Waals surface area contributed by atoms with E-state index in [1.165, 1.54) is 6.20 Å². The first-order valence-corrected chi connectivity index (χ1v) is 6.12. The van der Waals surface area contributed by atoms with Gasteiger partial charge in [-0.05, 0) is 6.42 Å². The minimum atomic E-state index is -3.38. The standard InChI is InChI=1S/C8H15N3O2S/c1-3-5-10-14(12,13)8-6-9-7(4-2)11-8/h6,10H,3-5H2,1-2H3,(H,9,11). The van der Waals surface area contributed by atoms with Crippen LogP contribution in [0.2, 0.25) is 0 Å². The molecule has 0 amide bonds. The van der Waals surface area contributed by atoms with Crippen molar-refractivity contribution in [2.24, 2.45) is 0 Å². The van der Waals surface area contributed by atoms with Gasteiger partial charge < -0.3 is 4.98 Å². The van der Waals surface area contributed by atoms with Gasteiger partial charge in [0.2, 0.25) is 0 Å². The third-order valence-electron chi connectivity index (χ3n) is 1.77. The van der Waals surface area contributed by atoms with E-state index in [9.17, 15) is 8.42 Å². The normalized spacial score (nSPS) is 11.9. The highest BCUT2D eigenvalue weighted by Gasteiger charge is 2.15. The van der Waals surface area contributed by atoms with Crippen LogP contribution in [0.25, 0.3) is 0 Å².